The van der Waals surface area contributed by atoms with Crippen molar-refractivity contribution >= 4 is 42.3 Å². The van der Waals surface area contributed by atoms with Crippen molar-refractivity contribution in [2.45, 2.75) is 38.6 Å². The van der Waals surface area contributed by atoms with E-state index in [1.165, 1.54) is 0 Å². The molecule has 29 heavy (non-hydrogen) atoms. The fourth-order valence-corrected chi connectivity index (χ4v) is 3.50. The van der Waals surface area contributed by atoms with Gasteiger partial charge in [0.25, 0.3) is 0 Å². The summed E-state index contributed by atoms with van der Waals surface area (Å²) >= 11 is 6.03. The van der Waals surface area contributed by atoms with Crippen LogP contribution in [-0.4, -0.2) is 34.2 Å². The van der Waals surface area contributed by atoms with Gasteiger partial charge in [0.15, 0.2) is 0 Å². The van der Waals surface area contributed by atoms with Gasteiger partial charge >= 0.3 is 6.18 Å². The molecule has 0 aromatic carbocycles. The minimum absolute atomic E-state index is 0.00928. The Morgan fingerprint density at radius 2 is 1.97 bits per heavy atom. The van der Waals surface area contributed by atoms with E-state index >= 15 is 0 Å². The summed E-state index contributed by atoms with van der Waals surface area (Å²) in [4.78, 5) is 12.3. The lowest BCUT2D eigenvalue weighted by Gasteiger charge is -2.15. The molecule has 0 fully saturated rings. The second kappa shape index (κ2) is 8.29. The third kappa shape index (κ3) is 5.68. The van der Waals surface area contributed by atoms with Crippen molar-refractivity contribution in [3.8, 4) is 0 Å². The highest BCUT2D eigenvalue weighted by molar-refractivity contribution is 6.76. The number of fused-ring (bicyclic) bond motifs is 1. The molecule has 0 saturated carbocycles. The van der Waals surface area contributed by atoms with Gasteiger partial charge in [0.2, 0.25) is 5.28 Å². The standard InChI is InChI=1S/C18H21ClF3N5OSi/c1-29(2,3)9-8-28-11-27-7-5-13-15(25-17(19)26-16(13)27)24-14-10-12(4-6-23-14)18(20,21)22/h4-7,10H,8-9,11H2,1-3H3,(H,23,24,25,26). The zero-order valence-electron chi connectivity index (χ0n) is 16.2. The van der Waals surface area contributed by atoms with Crippen LogP contribution in [-0.2, 0) is 17.6 Å². The zero-order chi connectivity index (χ0) is 21.2. The van der Waals surface area contributed by atoms with Crippen molar-refractivity contribution in [1.82, 2.24) is 19.5 Å². The number of alkyl halides is 3. The number of pyridine rings is 1. The lowest BCUT2D eigenvalue weighted by Crippen LogP contribution is -2.22. The predicted molar refractivity (Wildman–Crippen MR) is 109 cm³/mol. The second-order valence-corrected chi connectivity index (χ2v) is 13.7. The summed E-state index contributed by atoms with van der Waals surface area (Å²) in [5.41, 5.74) is -0.285. The summed E-state index contributed by atoms with van der Waals surface area (Å²) in [6.07, 6.45) is -1.60. The number of hydrogen-bond donors (Lipinski definition) is 1. The van der Waals surface area contributed by atoms with E-state index in [0.29, 0.717) is 24.4 Å². The van der Waals surface area contributed by atoms with Crippen LogP contribution in [0.1, 0.15) is 5.56 Å². The number of ether oxygens (including phenoxy) is 1. The number of aromatic nitrogens is 4. The van der Waals surface area contributed by atoms with Crippen LogP contribution in [0.3, 0.4) is 0 Å². The lowest BCUT2D eigenvalue weighted by atomic mass is 10.2. The molecule has 6 nitrogen and oxygen atoms in total. The van der Waals surface area contributed by atoms with Crippen molar-refractivity contribution in [1.29, 1.82) is 0 Å². The minimum Gasteiger partial charge on any atom is -0.361 e. The summed E-state index contributed by atoms with van der Waals surface area (Å²) in [5, 5.41) is 3.37. The van der Waals surface area contributed by atoms with Crippen molar-refractivity contribution in [2.75, 3.05) is 11.9 Å². The molecule has 0 aliphatic heterocycles. The van der Waals surface area contributed by atoms with Crippen molar-refractivity contribution in [3.05, 3.63) is 41.4 Å². The molecule has 0 radical (unpaired) electrons. The lowest BCUT2D eigenvalue weighted by molar-refractivity contribution is -0.137. The van der Waals surface area contributed by atoms with Crippen LogP contribution in [0, 0.1) is 0 Å². The largest absolute Gasteiger partial charge is 0.416 e. The molecular weight excluding hydrogens is 423 g/mol. The fourth-order valence-electron chi connectivity index (χ4n) is 2.58. The molecule has 3 rings (SSSR count). The molecule has 0 amide bonds. The molecule has 3 aromatic heterocycles. The molecule has 0 bridgehead atoms. The Balaban J connectivity index is 1.82. The third-order valence-corrected chi connectivity index (χ3v) is 6.03. The van der Waals surface area contributed by atoms with Gasteiger partial charge in [0, 0.05) is 27.1 Å². The summed E-state index contributed by atoms with van der Waals surface area (Å²) in [6.45, 7) is 7.76. The zero-order valence-corrected chi connectivity index (χ0v) is 18.0. The predicted octanol–water partition coefficient (Wildman–Crippen LogP) is 5.55. The molecule has 0 saturated heterocycles. The first-order valence-electron chi connectivity index (χ1n) is 8.93. The minimum atomic E-state index is -4.46. The first-order chi connectivity index (χ1) is 13.5. The number of rotatable bonds is 7. The molecule has 3 heterocycles. The molecule has 11 heteroatoms. The van der Waals surface area contributed by atoms with Gasteiger partial charge in [-0.15, -0.1) is 0 Å². The van der Waals surface area contributed by atoms with Gasteiger partial charge < -0.3 is 14.6 Å². The highest BCUT2D eigenvalue weighted by atomic mass is 35.5. The third-order valence-electron chi connectivity index (χ3n) is 4.15. The Morgan fingerprint density at radius 3 is 2.66 bits per heavy atom. The van der Waals surface area contributed by atoms with Crippen molar-refractivity contribution in [2.24, 2.45) is 0 Å². The Bertz CT molecular complexity index is 1000. The number of anilines is 2. The van der Waals surface area contributed by atoms with E-state index in [1.54, 1.807) is 16.8 Å². The second-order valence-electron chi connectivity index (χ2n) is 7.76. The van der Waals surface area contributed by atoms with E-state index in [4.69, 9.17) is 16.3 Å². The van der Waals surface area contributed by atoms with Gasteiger partial charge in [0.1, 0.15) is 24.0 Å². The summed E-state index contributed by atoms with van der Waals surface area (Å²) < 4.78 is 46.3. The molecule has 0 unspecified atom stereocenters. The normalized spacial score (nSPS) is 12.5. The first kappa shape index (κ1) is 21.5. The van der Waals surface area contributed by atoms with Gasteiger partial charge in [-0.1, -0.05) is 19.6 Å². The van der Waals surface area contributed by atoms with Gasteiger partial charge in [-0.05, 0) is 35.8 Å². The molecular formula is C18H21ClF3N5OSi. The number of nitrogens with one attached hydrogen (secondary N) is 1. The van der Waals surface area contributed by atoms with E-state index in [9.17, 15) is 13.2 Å². The van der Waals surface area contributed by atoms with Crippen LogP contribution in [0.25, 0.3) is 11.0 Å². The van der Waals surface area contributed by atoms with Gasteiger partial charge in [0.05, 0.1) is 10.9 Å². The number of nitrogens with zero attached hydrogens (tertiary/aromatic N) is 4. The smallest absolute Gasteiger partial charge is 0.361 e. The monoisotopic (exact) mass is 443 g/mol. The highest BCUT2D eigenvalue weighted by Crippen LogP contribution is 2.31. The topological polar surface area (TPSA) is 64.9 Å². The number of hydrogen-bond acceptors (Lipinski definition) is 5. The van der Waals surface area contributed by atoms with Crippen molar-refractivity contribution in [3.63, 3.8) is 0 Å². The van der Waals surface area contributed by atoms with E-state index in [0.717, 1.165) is 24.4 Å². The Kier molecular flexibility index (Phi) is 6.15. The van der Waals surface area contributed by atoms with Crippen molar-refractivity contribution < 1.29 is 17.9 Å². The maximum absolute atomic E-state index is 12.9. The average Bonchev–Trinajstić information content (AvgIpc) is 3.00. The SMILES string of the molecule is C[Si](C)(C)CCOCn1ccc2c(Nc3cc(C(F)(F)F)ccn3)nc(Cl)nc21. The highest BCUT2D eigenvalue weighted by Gasteiger charge is 2.30. The van der Waals surface area contributed by atoms with Crippen LogP contribution in [0.15, 0.2) is 30.6 Å². The summed E-state index contributed by atoms with van der Waals surface area (Å²) in [7, 11) is -1.19. The number of halogens is 4. The molecule has 0 spiro atoms. The van der Waals surface area contributed by atoms with Crippen LogP contribution in [0.4, 0.5) is 24.8 Å². The molecule has 1 N–H and O–H groups in total. The van der Waals surface area contributed by atoms with E-state index in [1.807, 2.05) is 0 Å². The maximum Gasteiger partial charge on any atom is 0.416 e. The molecule has 0 aliphatic rings. The Labute approximate surface area is 172 Å². The van der Waals surface area contributed by atoms with E-state index < -0.39 is 19.8 Å². The van der Waals surface area contributed by atoms with Crippen LogP contribution < -0.4 is 5.32 Å². The molecule has 0 aliphatic carbocycles. The molecule has 3 aromatic rings. The average molecular weight is 444 g/mol. The first-order valence-corrected chi connectivity index (χ1v) is 13.0. The van der Waals surface area contributed by atoms with Gasteiger partial charge in [-0.3, -0.25) is 0 Å². The quantitative estimate of drug-likeness (QED) is 0.294. The van der Waals surface area contributed by atoms with Gasteiger partial charge in [-0.2, -0.15) is 23.1 Å². The fraction of sp³-hybridized carbons (Fsp3) is 0.389. The molecule has 0 atom stereocenters. The summed E-state index contributed by atoms with van der Waals surface area (Å²) in [6, 6.07) is 4.61. The Hall–Kier alpha value is -2.17. The summed E-state index contributed by atoms with van der Waals surface area (Å²) in [5.74, 6) is 0.280. The van der Waals surface area contributed by atoms with Gasteiger partial charge in [-0.25, -0.2) is 4.98 Å². The molecule has 156 valence electrons. The van der Waals surface area contributed by atoms with Crippen LogP contribution in [0.2, 0.25) is 31.0 Å². The maximum atomic E-state index is 12.9. The van der Waals surface area contributed by atoms with E-state index in [-0.39, 0.29) is 16.9 Å². The van der Waals surface area contributed by atoms with Crippen LogP contribution >= 0.6 is 11.6 Å². The van der Waals surface area contributed by atoms with E-state index in [2.05, 4.69) is 39.9 Å². The van der Waals surface area contributed by atoms with Crippen LogP contribution in [0.5, 0.6) is 0 Å². The Morgan fingerprint density at radius 1 is 1.21 bits per heavy atom.